The standard InChI is InChI=1S/C14H21N/c1-11-4-6-14(7-5-11)15-9-12(2)8-13(3)10-15/h4-7,12-13H,8-10H2,1-3H3/t12-,13-/m0/s1. The van der Waals surface area contributed by atoms with Crippen molar-refractivity contribution in [1.29, 1.82) is 0 Å². The van der Waals surface area contributed by atoms with Crippen molar-refractivity contribution < 1.29 is 0 Å². The van der Waals surface area contributed by atoms with Crippen molar-refractivity contribution in [2.75, 3.05) is 18.0 Å². The van der Waals surface area contributed by atoms with E-state index in [9.17, 15) is 0 Å². The maximum Gasteiger partial charge on any atom is 0.0366 e. The molecule has 2 rings (SSSR count). The number of anilines is 1. The van der Waals surface area contributed by atoms with E-state index in [2.05, 4.69) is 49.9 Å². The third-order valence-corrected chi connectivity index (χ3v) is 3.27. The van der Waals surface area contributed by atoms with E-state index in [1.54, 1.807) is 0 Å². The Morgan fingerprint density at radius 1 is 1.00 bits per heavy atom. The Labute approximate surface area is 93.1 Å². The van der Waals surface area contributed by atoms with Crippen molar-refractivity contribution in [3.8, 4) is 0 Å². The van der Waals surface area contributed by atoms with Crippen LogP contribution in [0.2, 0.25) is 0 Å². The zero-order valence-corrected chi connectivity index (χ0v) is 10.0. The molecule has 1 aromatic rings. The number of nitrogens with zero attached hydrogens (tertiary/aromatic N) is 1. The summed E-state index contributed by atoms with van der Waals surface area (Å²) in [6.07, 6.45) is 1.38. The second-order valence-electron chi connectivity index (χ2n) is 5.19. The fourth-order valence-corrected chi connectivity index (χ4v) is 2.63. The maximum absolute atomic E-state index is 2.53. The predicted octanol–water partition coefficient (Wildman–Crippen LogP) is 3.48. The molecule has 0 amide bonds. The molecule has 0 aromatic heterocycles. The summed E-state index contributed by atoms with van der Waals surface area (Å²) in [5.41, 5.74) is 2.73. The van der Waals surface area contributed by atoms with Crippen LogP contribution in [0.4, 0.5) is 5.69 Å². The summed E-state index contributed by atoms with van der Waals surface area (Å²) in [5, 5.41) is 0. The molecule has 0 saturated carbocycles. The van der Waals surface area contributed by atoms with E-state index in [1.807, 2.05) is 0 Å². The van der Waals surface area contributed by atoms with E-state index >= 15 is 0 Å². The molecule has 1 saturated heterocycles. The lowest BCUT2D eigenvalue weighted by molar-refractivity contribution is 0.357. The number of benzene rings is 1. The molecule has 0 unspecified atom stereocenters. The molecular weight excluding hydrogens is 182 g/mol. The van der Waals surface area contributed by atoms with Gasteiger partial charge >= 0.3 is 0 Å². The van der Waals surface area contributed by atoms with Crippen LogP contribution >= 0.6 is 0 Å². The molecule has 1 aliphatic rings. The molecule has 1 heteroatoms. The minimum absolute atomic E-state index is 0.829. The molecule has 0 bridgehead atoms. The molecule has 1 nitrogen and oxygen atoms in total. The lowest BCUT2D eigenvalue weighted by atomic mass is 9.91. The van der Waals surface area contributed by atoms with Gasteiger partial charge in [0.15, 0.2) is 0 Å². The lowest BCUT2D eigenvalue weighted by Crippen LogP contribution is -2.38. The van der Waals surface area contributed by atoms with Gasteiger partial charge < -0.3 is 4.90 Å². The summed E-state index contributed by atoms with van der Waals surface area (Å²) in [6.45, 7) is 9.29. The minimum atomic E-state index is 0.829. The molecule has 1 aliphatic heterocycles. The molecular formula is C14H21N. The van der Waals surface area contributed by atoms with Crippen LogP contribution < -0.4 is 4.90 Å². The quantitative estimate of drug-likeness (QED) is 0.675. The van der Waals surface area contributed by atoms with Gasteiger partial charge in [-0.25, -0.2) is 0 Å². The van der Waals surface area contributed by atoms with Crippen LogP contribution in [0.5, 0.6) is 0 Å². The van der Waals surface area contributed by atoms with Crippen LogP contribution in [-0.2, 0) is 0 Å². The first-order chi connectivity index (χ1) is 7.15. The first kappa shape index (κ1) is 10.5. The minimum Gasteiger partial charge on any atom is -0.371 e. The largest absolute Gasteiger partial charge is 0.371 e. The second kappa shape index (κ2) is 4.26. The highest BCUT2D eigenvalue weighted by Crippen LogP contribution is 2.26. The first-order valence-electron chi connectivity index (χ1n) is 5.97. The highest BCUT2D eigenvalue weighted by Gasteiger charge is 2.21. The topological polar surface area (TPSA) is 3.24 Å². The van der Waals surface area contributed by atoms with Crippen molar-refractivity contribution in [1.82, 2.24) is 0 Å². The number of rotatable bonds is 1. The second-order valence-corrected chi connectivity index (χ2v) is 5.19. The maximum atomic E-state index is 2.53. The van der Waals surface area contributed by atoms with Gasteiger partial charge in [0.1, 0.15) is 0 Å². The van der Waals surface area contributed by atoms with Crippen LogP contribution in [0.3, 0.4) is 0 Å². The van der Waals surface area contributed by atoms with Crippen molar-refractivity contribution >= 4 is 5.69 Å². The summed E-state index contributed by atoms with van der Waals surface area (Å²) >= 11 is 0. The van der Waals surface area contributed by atoms with Gasteiger partial charge in [0.05, 0.1) is 0 Å². The Bertz CT molecular complexity index is 305. The third-order valence-electron chi connectivity index (χ3n) is 3.27. The van der Waals surface area contributed by atoms with E-state index < -0.39 is 0 Å². The number of piperidine rings is 1. The molecule has 0 radical (unpaired) electrons. The zero-order valence-electron chi connectivity index (χ0n) is 10.0. The lowest BCUT2D eigenvalue weighted by Gasteiger charge is -2.36. The summed E-state index contributed by atoms with van der Waals surface area (Å²) in [5.74, 6) is 1.66. The van der Waals surface area contributed by atoms with Crippen LogP contribution in [0.1, 0.15) is 25.8 Å². The SMILES string of the molecule is Cc1ccc(N2C[C@@H](C)C[C@H](C)C2)cc1. The molecule has 82 valence electrons. The normalized spacial score (nSPS) is 26.7. The number of hydrogen-bond donors (Lipinski definition) is 0. The molecule has 1 fully saturated rings. The first-order valence-corrected chi connectivity index (χ1v) is 5.97. The highest BCUT2D eigenvalue weighted by atomic mass is 15.1. The van der Waals surface area contributed by atoms with Crippen LogP contribution in [0.25, 0.3) is 0 Å². The van der Waals surface area contributed by atoms with Gasteiger partial charge in [0.2, 0.25) is 0 Å². The Hall–Kier alpha value is -0.980. The van der Waals surface area contributed by atoms with Crippen molar-refractivity contribution in [2.45, 2.75) is 27.2 Å². The van der Waals surface area contributed by atoms with Crippen LogP contribution in [-0.4, -0.2) is 13.1 Å². The molecule has 1 heterocycles. The molecule has 0 aliphatic carbocycles. The zero-order chi connectivity index (χ0) is 10.8. The number of hydrogen-bond acceptors (Lipinski definition) is 1. The van der Waals surface area contributed by atoms with Gasteiger partial charge in [0, 0.05) is 18.8 Å². The van der Waals surface area contributed by atoms with Gasteiger partial charge in [-0.1, -0.05) is 31.5 Å². The Morgan fingerprint density at radius 3 is 2.07 bits per heavy atom. The monoisotopic (exact) mass is 203 g/mol. The van der Waals surface area contributed by atoms with Gasteiger partial charge in [-0.3, -0.25) is 0 Å². The van der Waals surface area contributed by atoms with Crippen molar-refractivity contribution in [3.05, 3.63) is 29.8 Å². The van der Waals surface area contributed by atoms with Gasteiger partial charge in [-0.2, -0.15) is 0 Å². The van der Waals surface area contributed by atoms with Crippen molar-refractivity contribution in [3.63, 3.8) is 0 Å². The molecule has 1 aromatic carbocycles. The highest BCUT2D eigenvalue weighted by molar-refractivity contribution is 5.47. The molecule has 15 heavy (non-hydrogen) atoms. The van der Waals surface area contributed by atoms with E-state index in [-0.39, 0.29) is 0 Å². The summed E-state index contributed by atoms with van der Waals surface area (Å²) < 4.78 is 0. The van der Waals surface area contributed by atoms with Crippen LogP contribution in [0, 0.1) is 18.8 Å². The van der Waals surface area contributed by atoms with Gasteiger partial charge in [0.25, 0.3) is 0 Å². The summed E-state index contributed by atoms with van der Waals surface area (Å²) in [4.78, 5) is 2.53. The summed E-state index contributed by atoms with van der Waals surface area (Å²) in [6, 6.07) is 8.92. The Kier molecular flexibility index (Phi) is 2.99. The van der Waals surface area contributed by atoms with E-state index in [0.717, 1.165) is 11.8 Å². The molecule has 0 N–H and O–H groups in total. The fourth-order valence-electron chi connectivity index (χ4n) is 2.63. The van der Waals surface area contributed by atoms with E-state index in [1.165, 1.54) is 30.8 Å². The van der Waals surface area contributed by atoms with Crippen molar-refractivity contribution in [2.24, 2.45) is 11.8 Å². The molecule has 0 spiro atoms. The Balaban J connectivity index is 2.12. The number of aryl methyl sites for hydroxylation is 1. The average Bonchev–Trinajstić information content (AvgIpc) is 2.17. The average molecular weight is 203 g/mol. The van der Waals surface area contributed by atoms with Gasteiger partial charge in [-0.05, 0) is 37.3 Å². The van der Waals surface area contributed by atoms with Crippen LogP contribution in [0.15, 0.2) is 24.3 Å². The Morgan fingerprint density at radius 2 is 1.53 bits per heavy atom. The fraction of sp³-hybridized carbons (Fsp3) is 0.571. The summed E-state index contributed by atoms with van der Waals surface area (Å²) in [7, 11) is 0. The predicted molar refractivity (Wildman–Crippen MR) is 66.3 cm³/mol. The van der Waals surface area contributed by atoms with E-state index in [0.29, 0.717) is 0 Å². The third kappa shape index (κ3) is 2.53. The molecule has 2 atom stereocenters. The smallest absolute Gasteiger partial charge is 0.0366 e. The van der Waals surface area contributed by atoms with Gasteiger partial charge in [-0.15, -0.1) is 0 Å². The van der Waals surface area contributed by atoms with E-state index in [4.69, 9.17) is 0 Å².